The first-order chi connectivity index (χ1) is 14.2. The topological polar surface area (TPSA) is 58.4 Å². The standard InChI is InChI=1S/C21H20F3N3O2S/c1-3-27-10-17(19(25-27)21(22,23)24)14-7-5-4-6-13(14)16-9-26(20(28)29)11-18-15(16)8-12(2)30-18/h4-8,10,16H,3,9,11H2,1-2H3,(H,28,29)/t16-/m0/s1. The van der Waals surface area contributed by atoms with Gasteiger partial charge in [-0.2, -0.15) is 18.3 Å². The van der Waals surface area contributed by atoms with Gasteiger partial charge in [0.25, 0.3) is 0 Å². The maximum atomic E-state index is 13.7. The second kappa shape index (κ2) is 7.46. The molecule has 9 heteroatoms. The van der Waals surface area contributed by atoms with E-state index in [0.29, 0.717) is 24.2 Å². The van der Waals surface area contributed by atoms with Crippen LogP contribution < -0.4 is 0 Å². The molecule has 1 aliphatic rings. The molecular weight excluding hydrogens is 415 g/mol. The van der Waals surface area contributed by atoms with Crippen molar-refractivity contribution in [2.45, 2.75) is 39.0 Å². The molecule has 0 saturated carbocycles. The van der Waals surface area contributed by atoms with Gasteiger partial charge >= 0.3 is 12.3 Å². The second-order valence-electron chi connectivity index (χ2n) is 7.28. The van der Waals surface area contributed by atoms with Crippen molar-refractivity contribution in [3.05, 3.63) is 63.1 Å². The summed E-state index contributed by atoms with van der Waals surface area (Å²) >= 11 is 1.53. The third-order valence-electron chi connectivity index (χ3n) is 5.33. The van der Waals surface area contributed by atoms with Gasteiger partial charge in [-0.25, -0.2) is 4.79 Å². The number of aryl methyl sites for hydroxylation is 2. The number of nitrogens with zero attached hydrogens (tertiary/aromatic N) is 3. The molecule has 0 radical (unpaired) electrons. The Morgan fingerprint density at radius 2 is 2.00 bits per heavy atom. The lowest BCUT2D eigenvalue weighted by Gasteiger charge is -2.32. The van der Waals surface area contributed by atoms with Gasteiger partial charge in [0.2, 0.25) is 0 Å². The Bertz CT molecular complexity index is 1100. The normalized spacial score (nSPS) is 16.6. The summed E-state index contributed by atoms with van der Waals surface area (Å²) < 4.78 is 42.4. The van der Waals surface area contributed by atoms with Crippen LogP contribution in [-0.4, -0.2) is 32.4 Å². The van der Waals surface area contributed by atoms with Crippen LogP contribution >= 0.6 is 11.3 Å². The van der Waals surface area contributed by atoms with E-state index in [0.717, 1.165) is 15.3 Å². The van der Waals surface area contributed by atoms with Crippen molar-refractivity contribution in [3.63, 3.8) is 0 Å². The minimum absolute atomic E-state index is 0.0147. The van der Waals surface area contributed by atoms with Gasteiger partial charge in [-0.3, -0.25) is 4.68 Å². The van der Waals surface area contributed by atoms with Gasteiger partial charge in [0.15, 0.2) is 5.69 Å². The van der Waals surface area contributed by atoms with E-state index in [1.165, 1.54) is 27.1 Å². The molecule has 3 aromatic rings. The van der Waals surface area contributed by atoms with E-state index in [2.05, 4.69) is 5.10 Å². The van der Waals surface area contributed by atoms with E-state index in [1.54, 1.807) is 31.2 Å². The summed E-state index contributed by atoms with van der Waals surface area (Å²) in [4.78, 5) is 15.0. The number of amides is 1. The van der Waals surface area contributed by atoms with E-state index in [1.807, 2.05) is 13.0 Å². The number of benzene rings is 1. The van der Waals surface area contributed by atoms with Crippen LogP contribution in [0.5, 0.6) is 0 Å². The molecule has 1 aromatic carbocycles. The highest BCUT2D eigenvalue weighted by molar-refractivity contribution is 7.12. The van der Waals surface area contributed by atoms with Gasteiger partial charge in [-0.1, -0.05) is 24.3 Å². The quantitative estimate of drug-likeness (QED) is 0.584. The zero-order valence-electron chi connectivity index (χ0n) is 16.4. The predicted molar refractivity (Wildman–Crippen MR) is 108 cm³/mol. The van der Waals surface area contributed by atoms with Gasteiger partial charge < -0.3 is 10.0 Å². The SMILES string of the molecule is CCn1cc(-c2ccccc2[C@@H]2CN(C(=O)O)Cc3sc(C)cc32)c(C(F)(F)F)n1. The average molecular weight is 435 g/mol. The lowest BCUT2D eigenvalue weighted by molar-refractivity contribution is -0.141. The van der Waals surface area contributed by atoms with Gasteiger partial charge in [-0.15, -0.1) is 11.3 Å². The highest BCUT2D eigenvalue weighted by Gasteiger charge is 2.39. The monoisotopic (exact) mass is 435 g/mol. The van der Waals surface area contributed by atoms with E-state index >= 15 is 0 Å². The molecule has 3 heterocycles. The Morgan fingerprint density at radius 1 is 1.27 bits per heavy atom. The maximum absolute atomic E-state index is 13.7. The molecule has 1 amide bonds. The molecular formula is C21H20F3N3O2S. The molecule has 1 atom stereocenters. The highest BCUT2D eigenvalue weighted by Crippen LogP contribution is 2.44. The highest BCUT2D eigenvalue weighted by atomic mass is 32.1. The van der Waals surface area contributed by atoms with Crippen molar-refractivity contribution < 1.29 is 23.1 Å². The van der Waals surface area contributed by atoms with Gasteiger partial charge in [0.1, 0.15) is 0 Å². The number of aromatic nitrogens is 2. The number of carbonyl (C=O) groups is 1. The molecule has 1 N–H and O–H groups in total. The van der Waals surface area contributed by atoms with Crippen molar-refractivity contribution in [3.8, 4) is 11.1 Å². The fourth-order valence-corrected chi connectivity index (χ4v) is 5.12. The van der Waals surface area contributed by atoms with Gasteiger partial charge in [-0.05, 0) is 36.6 Å². The van der Waals surface area contributed by atoms with Crippen LogP contribution in [0, 0.1) is 6.92 Å². The molecule has 5 nitrogen and oxygen atoms in total. The van der Waals surface area contributed by atoms with Gasteiger partial charge in [0.05, 0.1) is 6.54 Å². The fourth-order valence-electron chi connectivity index (χ4n) is 4.00. The van der Waals surface area contributed by atoms with Crippen molar-refractivity contribution >= 4 is 17.4 Å². The van der Waals surface area contributed by atoms with Crippen LogP contribution in [0.2, 0.25) is 0 Å². The third kappa shape index (κ3) is 3.58. The Balaban J connectivity index is 1.90. The minimum Gasteiger partial charge on any atom is -0.465 e. The molecule has 0 fully saturated rings. The lowest BCUT2D eigenvalue weighted by Crippen LogP contribution is -2.37. The molecule has 30 heavy (non-hydrogen) atoms. The summed E-state index contributed by atoms with van der Waals surface area (Å²) in [7, 11) is 0. The zero-order valence-corrected chi connectivity index (χ0v) is 17.2. The summed E-state index contributed by atoms with van der Waals surface area (Å²) in [6.45, 7) is 4.48. The number of halogens is 3. The van der Waals surface area contributed by atoms with E-state index in [-0.39, 0.29) is 18.0 Å². The summed E-state index contributed by atoms with van der Waals surface area (Å²) in [6, 6.07) is 8.92. The van der Waals surface area contributed by atoms with E-state index in [9.17, 15) is 23.1 Å². The van der Waals surface area contributed by atoms with E-state index < -0.39 is 18.0 Å². The van der Waals surface area contributed by atoms with Crippen LogP contribution in [0.15, 0.2) is 36.5 Å². The van der Waals surface area contributed by atoms with Crippen LogP contribution in [0.25, 0.3) is 11.1 Å². The summed E-state index contributed by atoms with van der Waals surface area (Å²) in [5.74, 6) is -0.350. The Kier molecular flexibility index (Phi) is 5.09. The average Bonchev–Trinajstić information content (AvgIpc) is 3.29. The number of rotatable bonds is 3. The summed E-state index contributed by atoms with van der Waals surface area (Å²) in [6.07, 6.45) is -4.21. The van der Waals surface area contributed by atoms with Crippen molar-refractivity contribution in [1.29, 1.82) is 0 Å². The minimum atomic E-state index is -4.59. The Morgan fingerprint density at radius 3 is 2.67 bits per heavy atom. The third-order valence-corrected chi connectivity index (χ3v) is 6.38. The fraction of sp³-hybridized carbons (Fsp3) is 0.333. The molecule has 2 aromatic heterocycles. The number of hydrogen-bond donors (Lipinski definition) is 1. The molecule has 0 spiro atoms. The molecule has 0 unspecified atom stereocenters. The maximum Gasteiger partial charge on any atom is 0.435 e. The number of alkyl halides is 3. The molecule has 1 aliphatic heterocycles. The molecule has 0 saturated heterocycles. The largest absolute Gasteiger partial charge is 0.465 e. The first kappa shape index (κ1) is 20.5. The summed E-state index contributed by atoms with van der Waals surface area (Å²) in [5.41, 5.74) is 1.17. The second-order valence-corrected chi connectivity index (χ2v) is 8.62. The van der Waals surface area contributed by atoms with Crippen LogP contribution in [0.4, 0.5) is 18.0 Å². The molecule has 158 valence electrons. The van der Waals surface area contributed by atoms with Crippen LogP contribution in [-0.2, 0) is 19.3 Å². The first-order valence-corrected chi connectivity index (χ1v) is 10.3. The van der Waals surface area contributed by atoms with Crippen molar-refractivity contribution in [1.82, 2.24) is 14.7 Å². The number of hydrogen-bond acceptors (Lipinski definition) is 3. The zero-order chi connectivity index (χ0) is 21.6. The Labute approximate surface area is 175 Å². The summed E-state index contributed by atoms with van der Waals surface area (Å²) in [5, 5.41) is 13.3. The molecule has 0 bridgehead atoms. The number of carboxylic acid groups (broad SMARTS) is 1. The smallest absolute Gasteiger partial charge is 0.435 e. The Hall–Kier alpha value is -2.81. The first-order valence-electron chi connectivity index (χ1n) is 9.50. The molecule has 0 aliphatic carbocycles. The lowest BCUT2D eigenvalue weighted by atomic mass is 9.84. The van der Waals surface area contributed by atoms with E-state index in [4.69, 9.17) is 0 Å². The van der Waals surface area contributed by atoms with Crippen LogP contribution in [0.1, 0.15) is 39.4 Å². The van der Waals surface area contributed by atoms with Crippen LogP contribution in [0.3, 0.4) is 0 Å². The van der Waals surface area contributed by atoms with Crippen molar-refractivity contribution in [2.75, 3.05) is 6.54 Å². The van der Waals surface area contributed by atoms with Gasteiger partial charge in [0, 0.05) is 40.5 Å². The molecule has 4 rings (SSSR count). The number of fused-ring (bicyclic) bond motifs is 1. The number of thiophene rings is 1. The predicted octanol–water partition coefficient (Wildman–Crippen LogP) is 5.58. The van der Waals surface area contributed by atoms with Crippen molar-refractivity contribution in [2.24, 2.45) is 0 Å².